The zero-order valence-electron chi connectivity index (χ0n) is 15.1. The van der Waals surface area contributed by atoms with Crippen LogP contribution in [0.5, 0.6) is 0 Å². The summed E-state index contributed by atoms with van der Waals surface area (Å²) in [5.41, 5.74) is 1.73. The summed E-state index contributed by atoms with van der Waals surface area (Å²) in [6, 6.07) is 2.25. The van der Waals surface area contributed by atoms with Crippen LogP contribution in [0.1, 0.15) is 48.1 Å². The van der Waals surface area contributed by atoms with Crippen LogP contribution in [0, 0.1) is 17.2 Å². The monoisotopic (exact) mass is 433 g/mol. The van der Waals surface area contributed by atoms with E-state index in [1.54, 1.807) is 0 Å². The Balaban J connectivity index is 1.31. The van der Waals surface area contributed by atoms with Crippen LogP contribution in [0.3, 0.4) is 0 Å². The summed E-state index contributed by atoms with van der Waals surface area (Å²) in [7, 11) is 0. The highest BCUT2D eigenvalue weighted by atomic mass is 32.2. The lowest BCUT2D eigenvalue weighted by Crippen LogP contribution is -2.27. The van der Waals surface area contributed by atoms with E-state index in [2.05, 4.69) is 26.9 Å². The Kier molecular flexibility index (Phi) is 5.94. The summed E-state index contributed by atoms with van der Waals surface area (Å²) in [4.78, 5) is 25.5. The number of nitrogens with one attached hydrogen (secondary N) is 2. The van der Waals surface area contributed by atoms with Gasteiger partial charge in [0.2, 0.25) is 16.9 Å². The number of carbonyl (C=O) groups excluding carboxylic acids is 2. The van der Waals surface area contributed by atoms with E-state index in [-0.39, 0.29) is 23.5 Å². The average molecular weight is 434 g/mol. The van der Waals surface area contributed by atoms with Gasteiger partial charge in [-0.05, 0) is 44.1 Å². The van der Waals surface area contributed by atoms with Gasteiger partial charge in [0.05, 0.1) is 11.3 Å². The van der Waals surface area contributed by atoms with Crippen molar-refractivity contribution in [1.29, 1.82) is 5.26 Å². The number of thioether (sulfide) groups is 1. The zero-order valence-corrected chi connectivity index (χ0v) is 17.6. The highest BCUT2D eigenvalue weighted by Crippen LogP contribution is 2.38. The van der Waals surface area contributed by atoms with Crippen molar-refractivity contribution in [2.45, 2.75) is 49.3 Å². The molecule has 0 atom stereocenters. The van der Waals surface area contributed by atoms with Gasteiger partial charge in [-0.15, -0.1) is 21.5 Å². The number of hydrogen-bond donors (Lipinski definition) is 2. The number of carbonyl (C=O) groups is 2. The van der Waals surface area contributed by atoms with Crippen molar-refractivity contribution >= 4 is 56.4 Å². The van der Waals surface area contributed by atoms with Crippen molar-refractivity contribution in [2.75, 3.05) is 16.4 Å². The van der Waals surface area contributed by atoms with Crippen LogP contribution in [0.15, 0.2) is 4.34 Å². The Hall–Kier alpha value is -1.96. The second-order valence-electron chi connectivity index (χ2n) is 6.85. The van der Waals surface area contributed by atoms with Crippen molar-refractivity contribution in [1.82, 2.24) is 10.2 Å². The van der Waals surface area contributed by atoms with Crippen molar-refractivity contribution in [3.8, 4) is 6.07 Å². The molecular formula is C18H19N5O2S3. The third kappa shape index (κ3) is 4.21. The first-order valence-corrected chi connectivity index (χ1v) is 11.9. The van der Waals surface area contributed by atoms with E-state index in [4.69, 9.17) is 0 Å². The van der Waals surface area contributed by atoms with Gasteiger partial charge in [0.25, 0.3) is 0 Å². The molecule has 1 saturated carbocycles. The molecule has 0 bridgehead atoms. The molecule has 1 fully saturated rings. The Morgan fingerprint density at radius 1 is 1.14 bits per heavy atom. The van der Waals surface area contributed by atoms with Crippen molar-refractivity contribution in [2.24, 2.45) is 5.92 Å². The van der Waals surface area contributed by atoms with Gasteiger partial charge in [-0.1, -0.05) is 29.5 Å². The largest absolute Gasteiger partial charge is 0.316 e. The summed E-state index contributed by atoms with van der Waals surface area (Å²) >= 11 is 4.07. The number of thiophene rings is 1. The van der Waals surface area contributed by atoms with E-state index in [1.165, 1.54) is 39.3 Å². The third-order valence-electron chi connectivity index (χ3n) is 4.98. The molecule has 10 heteroatoms. The molecule has 2 amide bonds. The van der Waals surface area contributed by atoms with Gasteiger partial charge in [-0.2, -0.15) is 5.26 Å². The molecule has 146 valence electrons. The first-order valence-electron chi connectivity index (χ1n) is 9.25. The number of nitriles is 1. The standard InChI is InChI=1S/C18H19N5O2S3/c19-8-12-11-6-1-2-7-13(11)27-16(12)20-14(24)9-26-18-23-22-17(28-18)21-15(25)10-4-3-5-10/h10H,1-7,9H2,(H,20,24)(H,21,22,25). The Morgan fingerprint density at radius 3 is 2.71 bits per heavy atom. The first-order chi connectivity index (χ1) is 13.6. The highest BCUT2D eigenvalue weighted by Gasteiger charge is 2.26. The molecule has 2 heterocycles. The number of hydrogen-bond acceptors (Lipinski definition) is 8. The van der Waals surface area contributed by atoms with Crippen LogP contribution >= 0.6 is 34.4 Å². The van der Waals surface area contributed by atoms with Crippen LogP contribution in [-0.2, 0) is 22.4 Å². The van der Waals surface area contributed by atoms with Gasteiger partial charge in [0, 0.05) is 10.8 Å². The van der Waals surface area contributed by atoms with Gasteiger partial charge < -0.3 is 10.6 Å². The number of aryl methyl sites for hydroxylation is 1. The predicted octanol–water partition coefficient (Wildman–Crippen LogP) is 3.82. The van der Waals surface area contributed by atoms with Gasteiger partial charge in [-0.3, -0.25) is 9.59 Å². The molecule has 0 saturated heterocycles. The minimum Gasteiger partial charge on any atom is -0.316 e. The molecule has 2 N–H and O–H groups in total. The summed E-state index contributed by atoms with van der Waals surface area (Å²) in [6.45, 7) is 0. The number of amides is 2. The molecule has 0 unspecified atom stereocenters. The Labute approximate surface area is 174 Å². The topological polar surface area (TPSA) is 108 Å². The first kappa shape index (κ1) is 19.4. The van der Waals surface area contributed by atoms with Crippen molar-refractivity contribution in [3.05, 3.63) is 16.0 Å². The summed E-state index contributed by atoms with van der Waals surface area (Å²) in [5, 5.41) is 24.3. The van der Waals surface area contributed by atoms with Crippen molar-refractivity contribution < 1.29 is 9.59 Å². The Bertz CT molecular complexity index is 942. The normalized spacial score (nSPS) is 16.0. The van der Waals surface area contributed by atoms with Crippen LogP contribution in [0.4, 0.5) is 10.1 Å². The maximum atomic E-state index is 12.3. The SMILES string of the molecule is N#Cc1c(NC(=O)CSc2nnc(NC(=O)C3CCC3)s2)sc2c1CCCC2. The van der Waals surface area contributed by atoms with E-state index >= 15 is 0 Å². The van der Waals surface area contributed by atoms with E-state index < -0.39 is 0 Å². The summed E-state index contributed by atoms with van der Waals surface area (Å²) in [6.07, 6.45) is 7.10. The molecule has 2 aromatic heterocycles. The summed E-state index contributed by atoms with van der Waals surface area (Å²) in [5.74, 6) is 0.105. The summed E-state index contributed by atoms with van der Waals surface area (Å²) < 4.78 is 0.630. The fourth-order valence-corrected chi connectivity index (χ4v) is 6.07. The number of anilines is 2. The predicted molar refractivity (Wildman–Crippen MR) is 111 cm³/mol. The van der Waals surface area contributed by atoms with Crippen molar-refractivity contribution in [3.63, 3.8) is 0 Å². The molecule has 0 aromatic carbocycles. The van der Waals surface area contributed by atoms with Crippen LogP contribution in [0.2, 0.25) is 0 Å². The van der Waals surface area contributed by atoms with E-state index in [9.17, 15) is 14.9 Å². The molecule has 2 aliphatic carbocycles. The number of aromatic nitrogens is 2. The highest BCUT2D eigenvalue weighted by molar-refractivity contribution is 8.01. The maximum absolute atomic E-state index is 12.3. The molecular weight excluding hydrogens is 414 g/mol. The lowest BCUT2D eigenvalue weighted by atomic mass is 9.85. The molecule has 0 aliphatic heterocycles. The third-order valence-corrected chi connectivity index (χ3v) is 8.15. The Morgan fingerprint density at radius 2 is 1.96 bits per heavy atom. The minimum absolute atomic E-state index is 0.00221. The molecule has 2 aromatic rings. The van der Waals surface area contributed by atoms with Crippen LogP contribution < -0.4 is 10.6 Å². The fraction of sp³-hybridized carbons (Fsp3) is 0.500. The van der Waals surface area contributed by atoms with Gasteiger partial charge in [0.15, 0.2) is 4.34 Å². The second kappa shape index (κ2) is 8.59. The molecule has 0 spiro atoms. The molecule has 0 radical (unpaired) electrons. The van der Waals surface area contributed by atoms with E-state index in [1.807, 2.05) is 0 Å². The van der Waals surface area contributed by atoms with E-state index in [0.29, 0.717) is 20.0 Å². The number of nitrogens with zero attached hydrogens (tertiary/aromatic N) is 3. The van der Waals surface area contributed by atoms with Crippen LogP contribution in [-0.4, -0.2) is 27.8 Å². The maximum Gasteiger partial charge on any atom is 0.235 e. The van der Waals surface area contributed by atoms with Crippen LogP contribution in [0.25, 0.3) is 0 Å². The lowest BCUT2D eigenvalue weighted by Gasteiger charge is -2.23. The molecule has 2 aliphatic rings. The average Bonchev–Trinajstić information content (AvgIpc) is 3.21. The molecule has 28 heavy (non-hydrogen) atoms. The molecule has 7 nitrogen and oxygen atoms in total. The smallest absolute Gasteiger partial charge is 0.235 e. The lowest BCUT2D eigenvalue weighted by molar-refractivity contribution is -0.122. The number of rotatable bonds is 6. The second-order valence-corrected chi connectivity index (χ2v) is 10.2. The zero-order chi connectivity index (χ0) is 19.5. The van der Waals surface area contributed by atoms with E-state index in [0.717, 1.165) is 50.5 Å². The van der Waals surface area contributed by atoms with Gasteiger partial charge in [-0.25, -0.2) is 0 Å². The number of fused-ring (bicyclic) bond motifs is 1. The fourth-order valence-electron chi connectivity index (χ4n) is 3.26. The van der Waals surface area contributed by atoms with Gasteiger partial charge >= 0.3 is 0 Å². The minimum atomic E-state index is -0.171. The quantitative estimate of drug-likeness (QED) is 0.530. The van der Waals surface area contributed by atoms with Gasteiger partial charge in [0.1, 0.15) is 11.1 Å². The molecule has 4 rings (SSSR count).